The lowest BCUT2D eigenvalue weighted by atomic mass is 10.2. The second-order valence-electron chi connectivity index (χ2n) is 4.70. The molecular weight excluding hydrogens is 240 g/mol. The summed E-state index contributed by atoms with van der Waals surface area (Å²) in [4.78, 5) is 8.28. The first-order valence-corrected chi connectivity index (χ1v) is 6.41. The number of ether oxygens (including phenoxy) is 1. The number of nitrogens with zero attached hydrogens (tertiary/aromatic N) is 3. The normalized spacial score (nSPS) is 10.9. The van der Waals surface area contributed by atoms with E-state index in [1.165, 1.54) is 5.69 Å². The second-order valence-corrected chi connectivity index (χ2v) is 4.70. The summed E-state index contributed by atoms with van der Waals surface area (Å²) < 4.78 is 7.27. The molecule has 0 aliphatic carbocycles. The Hall–Kier alpha value is -1.88. The molecule has 0 radical (unpaired) electrons. The molecule has 102 valence electrons. The number of hydrogen-bond acceptors (Lipinski definition) is 4. The van der Waals surface area contributed by atoms with Crippen molar-refractivity contribution in [2.75, 3.05) is 7.11 Å². The Morgan fingerprint density at radius 3 is 2.95 bits per heavy atom. The van der Waals surface area contributed by atoms with E-state index in [9.17, 15) is 0 Å². The SMILES string of the molecule is COc1cc(CNCc2cncn2C(C)C)ccn1. The molecule has 0 aliphatic heterocycles. The molecule has 2 rings (SSSR count). The molecule has 2 aromatic heterocycles. The highest BCUT2D eigenvalue weighted by Gasteiger charge is 2.04. The molecule has 0 unspecified atom stereocenters. The summed E-state index contributed by atoms with van der Waals surface area (Å²) in [6.45, 7) is 5.88. The predicted octanol–water partition coefficient (Wildman–Crippen LogP) is 2.16. The minimum Gasteiger partial charge on any atom is -0.481 e. The van der Waals surface area contributed by atoms with Crippen molar-refractivity contribution in [1.29, 1.82) is 0 Å². The average Bonchev–Trinajstić information content (AvgIpc) is 2.87. The van der Waals surface area contributed by atoms with Crippen LogP contribution in [0, 0.1) is 0 Å². The number of imidazole rings is 1. The Balaban J connectivity index is 1.90. The summed E-state index contributed by atoms with van der Waals surface area (Å²) in [5.41, 5.74) is 2.35. The lowest BCUT2D eigenvalue weighted by Crippen LogP contribution is -2.16. The van der Waals surface area contributed by atoms with Gasteiger partial charge in [-0.25, -0.2) is 9.97 Å². The molecule has 0 bridgehead atoms. The van der Waals surface area contributed by atoms with Crippen LogP contribution in [-0.4, -0.2) is 21.6 Å². The largest absolute Gasteiger partial charge is 0.481 e. The van der Waals surface area contributed by atoms with E-state index in [4.69, 9.17) is 4.74 Å². The Morgan fingerprint density at radius 2 is 2.21 bits per heavy atom. The van der Waals surface area contributed by atoms with Crippen LogP contribution in [0.5, 0.6) is 5.88 Å². The molecule has 0 fully saturated rings. The first kappa shape index (κ1) is 13.5. The van der Waals surface area contributed by atoms with E-state index in [0.29, 0.717) is 11.9 Å². The van der Waals surface area contributed by atoms with Gasteiger partial charge < -0.3 is 14.6 Å². The zero-order valence-corrected chi connectivity index (χ0v) is 11.6. The third-order valence-electron chi connectivity index (χ3n) is 2.95. The smallest absolute Gasteiger partial charge is 0.213 e. The first-order valence-electron chi connectivity index (χ1n) is 6.41. The average molecular weight is 260 g/mol. The van der Waals surface area contributed by atoms with Gasteiger partial charge in [0.1, 0.15) is 0 Å². The Kier molecular flexibility index (Phi) is 4.52. The fourth-order valence-corrected chi connectivity index (χ4v) is 1.94. The molecular formula is C14H20N4O. The van der Waals surface area contributed by atoms with Gasteiger partial charge in [-0.15, -0.1) is 0 Å². The van der Waals surface area contributed by atoms with Crippen molar-refractivity contribution in [3.8, 4) is 5.88 Å². The molecule has 0 amide bonds. The molecule has 0 saturated carbocycles. The minimum absolute atomic E-state index is 0.431. The van der Waals surface area contributed by atoms with Gasteiger partial charge in [0.2, 0.25) is 5.88 Å². The van der Waals surface area contributed by atoms with Crippen LogP contribution in [0.2, 0.25) is 0 Å². The lowest BCUT2D eigenvalue weighted by Gasteiger charge is -2.12. The summed E-state index contributed by atoms with van der Waals surface area (Å²) in [5, 5.41) is 3.41. The van der Waals surface area contributed by atoms with Crippen LogP contribution in [0.25, 0.3) is 0 Å². The Labute approximate surface area is 113 Å². The van der Waals surface area contributed by atoms with Crippen LogP contribution >= 0.6 is 0 Å². The van der Waals surface area contributed by atoms with E-state index in [-0.39, 0.29) is 0 Å². The van der Waals surface area contributed by atoms with Gasteiger partial charge in [0.25, 0.3) is 0 Å². The number of aromatic nitrogens is 3. The Bertz CT molecular complexity index is 522. The molecule has 1 N–H and O–H groups in total. The fourth-order valence-electron chi connectivity index (χ4n) is 1.94. The maximum absolute atomic E-state index is 5.10. The number of hydrogen-bond donors (Lipinski definition) is 1. The van der Waals surface area contributed by atoms with Gasteiger partial charge >= 0.3 is 0 Å². The highest BCUT2D eigenvalue weighted by molar-refractivity contribution is 5.20. The van der Waals surface area contributed by atoms with E-state index >= 15 is 0 Å². The van der Waals surface area contributed by atoms with Crippen LogP contribution < -0.4 is 10.1 Å². The number of rotatable bonds is 6. The monoisotopic (exact) mass is 260 g/mol. The quantitative estimate of drug-likeness (QED) is 0.864. The number of methoxy groups -OCH3 is 1. The van der Waals surface area contributed by atoms with Crippen molar-refractivity contribution >= 4 is 0 Å². The van der Waals surface area contributed by atoms with Crippen LogP contribution in [0.1, 0.15) is 31.1 Å². The van der Waals surface area contributed by atoms with Gasteiger partial charge in [0.15, 0.2) is 0 Å². The molecule has 0 saturated heterocycles. The van der Waals surface area contributed by atoms with E-state index in [1.807, 2.05) is 24.7 Å². The summed E-state index contributed by atoms with van der Waals surface area (Å²) in [7, 11) is 1.63. The van der Waals surface area contributed by atoms with Crippen molar-refractivity contribution in [1.82, 2.24) is 19.9 Å². The van der Waals surface area contributed by atoms with Crippen LogP contribution in [0.15, 0.2) is 30.9 Å². The van der Waals surface area contributed by atoms with E-state index in [0.717, 1.165) is 18.7 Å². The van der Waals surface area contributed by atoms with E-state index < -0.39 is 0 Å². The van der Waals surface area contributed by atoms with Crippen LogP contribution in [-0.2, 0) is 13.1 Å². The molecule has 0 atom stereocenters. The zero-order chi connectivity index (χ0) is 13.7. The summed E-state index contributed by atoms with van der Waals surface area (Å²) in [6, 6.07) is 4.35. The molecule has 2 heterocycles. The summed E-state index contributed by atoms with van der Waals surface area (Å²) in [5.74, 6) is 0.645. The lowest BCUT2D eigenvalue weighted by molar-refractivity contribution is 0.397. The summed E-state index contributed by atoms with van der Waals surface area (Å²) in [6.07, 6.45) is 5.53. The van der Waals surface area contributed by atoms with Gasteiger partial charge in [-0.3, -0.25) is 0 Å². The number of nitrogens with one attached hydrogen (secondary N) is 1. The molecule has 19 heavy (non-hydrogen) atoms. The maximum atomic E-state index is 5.10. The molecule has 0 spiro atoms. The number of pyridine rings is 1. The summed E-state index contributed by atoms with van der Waals surface area (Å²) >= 11 is 0. The maximum Gasteiger partial charge on any atom is 0.213 e. The molecule has 2 aromatic rings. The van der Waals surface area contributed by atoms with Gasteiger partial charge in [-0.2, -0.15) is 0 Å². The highest BCUT2D eigenvalue weighted by atomic mass is 16.5. The molecule has 5 nitrogen and oxygen atoms in total. The van der Waals surface area contributed by atoms with Crippen molar-refractivity contribution in [2.24, 2.45) is 0 Å². The molecule has 0 aromatic carbocycles. The first-order chi connectivity index (χ1) is 9.20. The van der Waals surface area contributed by atoms with E-state index in [2.05, 4.69) is 33.7 Å². The highest BCUT2D eigenvalue weighted by Crippen LogP contribution is 2.10. The van der Waals surface area contributed by atoms with Crippen LogP contribution in [0.3, 0.4) is 0 Å². The second kappa shape index (κ2) is 6.33. The van der Waals surface area contributed by atoms with Crippen molar-refractivity contribution in [3.05, 3.63) is 42.1 Å². The minimum atomic E-state index is 0.431. The van der Waals surface area contributed by atoms with Crippen molar-refractivity contribution in [2.45, 2.75) is 33.0 Å². The van der Waals surface area contributed by atoms with Gasteiger partial charge in [0, 0.05) is 37.6 Å². The molecule has 0 aliphatic rings. The third kappa shape index (κ3) is 3.54. The fraction of sp³-hybridized carbons (Fsp3) is 0.429. The van der Waals surface area contributed by atoms with Gasteiger partial charge in [0.05, 0.1) is 19.1 Å². The zero-order valence-electron chi connectivity index (χ0n) is 11.6. The topological polar surface area (TPSA) is 52.0 Å². The third-order valence-corrected chi connectivity index (χ3v) is 2.95. The van der Waals surface area contributed by atoms with Crippen LogP contribution in [0.4, 0.5) is 0 Å². The van der Waals surface area contributed by atoms with Gasteiger partial charge in [-0.1, -0.05) is 0 Å². The van der Waals surface area contributed by atoms with Crippen molar-refractivity contribution in [3.63, 3.8) is 0 Å². The van der Waals surface area contributed by atoms with Crippen molar-refractivity contribution < 1.29 is 4.74 Å². The predicted molar refractivity (Wildman–Crippen MR) is 73.9 cm³/mol. The Morgan fingerprint density at radius 1 is 1.37 bits per heavy atom. The standard InChI is InChI=1S/C14H20N4O/c1-11(2)18-10-16-9-13(18)8-15-7-12-4-5-17-14(6-12)19-3/h4-6,9-11,15H,7-8H2,1-3H3. The van der Waals surface area contributed by atoms with E-state index in [1.54, 1.807) is 13.3 Å². The molecule has 5 heteroatoms. The van der Waals surface area contributed by atoms with Gasteiger partial charge in [-0.05, 0) is 25.5 Å².